The first kappa shape index (κ1) is 74.7. The fraction of sp³-hybridized carbons (Fsp3) is 0.939. The molecule has 0 radical (unpaired) electrons. The van der Waals surface area contributed by atoms with Gasteiger partial charge in [0.1, 0.15) is 0 Å². The number of alkyl halides is 40. The Labute approximate surface area is 408 Å². The highest BCUT2D eigenvalue weighted by molar-refractivity contribution is 5.66. The number of carbonyl (C=O) groups is 2. The minimum absolute atomic E-state index is 0.172. The highest BCUT2D eigenvalue weighted by Gasteiger charge is 2.99. The number of amides is 2. The van der Waals surface area contributed by atoms with Crippen molar-refractivity contribution in [3.05, 3.63) is 0 Å². The van der Waals surface area contributed by atoms with Gasteiger partial charge in [0.15, 0.2) is 0 Å². The zero-order chi connectivity index (χ0) is 64.8. The fourth-order valence-corrected chi connectivity index (χ4v) is 6.70. The van der Waals surface area contributed by atoms with Crippen LogP contribution in [0.4, 0.5) is 185 Å². The zero-order valence-electron chi connectivity index (χ0n) is 37.1. The first-order valence-electron chi connectivity index (χ1n) is 19.1. The number of nitrogens with one attached hydrogen (secondary N) is 2. The molecule has 0 aromatic heterocycles. The quantitative estimate of drug-likeness (QED) is 0.0561. The van der Waals surface area contributed by atoms with E-state index in [1.54, 1.807) is 0 Å². The molecule has 46 heteroatoms. The third-order valence-corrected chi connectivity index (χ3v) is 11.5. The monoisotopic (exact) mass is 1270 g/mol. The molecule has 0 spiro atoms. The third-order valence-electron chi connectivity index (χ3n) is 11.5. The van der Waals surface area contributed by atoms with Gasteiger partial charge in [0.25, 0.3) is 0 Å². The van der Waals surface area contributed by atoms with Crippen molar-refractivity contribution in [1.82, 2.24) is 10.6 Å². The lowest BCUT2D eigenvalue weighted by Gasteiger charge is -2.52. The van der Waals surface area contributed by atoms with Crippen LogP contribution in [-0.4, -0.2) is 154 Å². The van der Waals surface area contributed by atoms with E-state index in [0.717, 1.165) is 0 Å². The van der Waals surface area contributed by atoms with Gasteiger partial charge in [-0.25, -0.2) is 27.2 Å². The van der Waals surface area contributed by atoms with E-state index in [-0.39, 0.29) is 5.32 Å². The topological polar surface area (TPSA) is 98.7 Å². The van der Waals surface area contributed by atoms with Crippen molar-refractivity contribution in [3.8, 4) is 0 Å². The van der Waals surface area contributed by atoms with Gasteiger partial charge in [0, 0.05) is 19.4 Å². The van der Waals surface area contributed by atoms with Gasteiger partial charge in [0.2, 0.25) is 0 Å². The summed E-state index contributed by atoms with van der Waals surface area (Å²) in [5.41, 5.74) is -10.2. The van der Waals surface area contributed by atoms with Crippen LogP contribution in [0.3, 0.4) is 0 Å². The van der Waals surface area contributed by atoms with Crippen molar-refractivity contribution in [2.45, 2.75) is 171 Å². The lowest BCUT2D eigenvalue weighted by molar-refractivity contribution is -0.467. The summed E-state index contributed by atoms with van der Waals surface area (Å²) in [6, 6.07) is 0. The first-order valence-corrected chi connectivity index (χ1v) is 19.1. The van der Waals surface area contributed by atoms with Crippen molar-refractivity contribution in [2.75, 3.05) is 6.54 Å². The van der Waals surface area contributed by atoms with Crippen LogP contribution >= 0.6 is 0 Å². The van der Waals surface area contributed by atoms with E-state index in [4.69, 9.17) is 5.11 Å². The van der Waals surface area contributed by atoms with Crippen molar-refractivity contribution in [3.63, 3.8) is 0 Å². The standard InChI is InChI=1S/C33H26F40N2O4/c1-9(4-5-74-12(76)77)6-14(2,3)15(75-13(78)79,7-16(38,39)20(46,47)24(54,55)28(62,63)32(70,71)30(66,67)26(58,59)22(50,51)18(42,43)10(34)35)8-17(40,41)21(48,49)25(56,57)29(64,65)33(72,73)31(68,69)27(60,61)23(52,53)19(44,45)11(36)37/h9-11,74-75H,4-8H2,1-3H3,(H,76,77)(H,78,79). The number of carboxylic acid groups (broad SMARTS) is 2. The van der Waals surface area contributed by atoms with Crippen LogP contribution in [0.15, 0.2) is 0 Å². The lowest BCUT2D eigenvalue weighted by atomic mass is 9.61. The van der Waals surface area contributed by atoms with Gasteiger partial charge in [-0.15, -0.1) is 0 Å². The number of hydrogen-bond acceptors (Lipinski definition) is 2. The molecule has 0 bridgehead atoms. The second-order valence-corrected chi connectivity index (χ2v) is 17.4. The minimum Gasteiger partial charge on any atom is -0.465 e. The van der Waals surface area contributed by atoms with Gasteiger partial charge >= 0.3 is 132 Å². The molecular formula is C33H26F40N2O4. The number of rotatable bonds is 29. The Morgan fingerprint density at radius 2 is 0.582 bits per heavy atom. The Morgan fingerprint density at radius 3 is 0.785 bits per heavy atom. The van der Waals surface area contributed by atoms with Crippen LogP contribution in [0.25, 0.3) is 0 Å². The maximum atomic E-state index is 15.7. The molecule has 0 heterocycles. The molecule has 2 amide bonds. The van der Waals surface area contributed by atoms with Gasteiger partial charge in [-0.2, -0.15) is 158 Å². The molecular weight excluding hydrogens is 1250 g/mol. The van der Waals surface area contributed by atoms with E-state index in [1.807, 2.05) is 0 Å². The van der Waals surface area contributed by atoms with Crippen molar-refractivity contribution in [1.29, 1.82) is 0 Å². The molecule has 1 unspecified atom stereocenters. The molecule has 472 valence electrons. The van der Waals surface area contributed by atoms with Crippen LogP contribution in [0.5, 0.6) is 0 Å². The molecule has 4 N–H and O–H groups in total. The SMILES string of the molecule is CC(CCNC(=O)O)CC(C)(C)C(CC(F)(F)C(F)(F)C(F)(F)C(F)(F)C(F)(F)C(F)(F)C(F)(F)C(F)(F)C(F)(F)C(F)F)(CC(F)(F)C(F)(F)C(F)(F)C(F)(F)C(F)(F)C(F)(F)C(F)(F)C(F)(F)C(F)(F)C(F)F)NC(=O)O. The summed E-state index contributed by atoms with van der Waals surface area (Å²) in [7, 11) is 0. The predicted molar refractivity (Wildman–Crippen MR) is 172 cm³/mol. The molecule has 1 atom stereocenters. The molecule has 79 heavy (non-hydrogen) atoms. The highest BCUT2D eigenvalue weighted by Crippen LogP contribution is 2.69. The van der Waals surface area contributed by atoms with Crippen LogP contribution < -0.4 is 10.6 Å². The largest absolute Gasteiger partial charge is 0.465 e. The first-order chi connectivity index (χ1) is 33.8. The summed E-state index contributed by atoms with van der Waals surface area (Å²) in [5, 5.41) is 19.1. The summed E-state index contributed by atoms with van der Waals surface area (Å²) >= 11 is 0. The Morgan fingerprint density at radius 1 is 0.367 bits per heavy atom. The Bertz CT molecular complexity index is 2030. The average molecular weight is 1270 g/mol. The molecule has 0 rings (SSSR count). The number of halogens is 40. The summed E-state index contributed by atoms with van der Waals surface area (Å²) in [4.78, 5) is 22.6. The maximum Gasteiger partial charge on any atom is 0.405 e. The summed E-state index contributed by atoms with van der Waals surface area (Å²) in [6.07, 6.45) is -32.3. The van der Waals surface area contributed by atoms with E-state index < -0.39 is 195 Å². The second-order valence-electron chi connectivity index (χ2n) is 17.4. The molecule has 0 aromatic carbocycles. The predicted octanol–water partition coefficient (Wildman–Crippen LogP) is 15.4. The molecule has 0 saturated carbocycles. The third kappa shape index (κ3) is 10.7. The Balaban J connectivity index is 8.82. The normalized spacial score (nSPS) is 16.7. The smallest absolute Gasteiger partial charge is 0.405 e. The highest BCUT2D eigenvalue weighted by atomic mass is 19.4. The van der Waals surface area contributed by atoms with Crippen LogP contribution in [0, 0.1) is 11.3 Å². The van der Waals surface area contributed by atoms with Crippen molar-refractivity contribution >= 4 is 12.2 Å². The number of hydrogen-bond donors (Lipinski definition) is 4. The fourth-order valence-electron chi connectivity index (χ4n) is 6.70. The minimum atomic E-state index is -9.89. The van der Waals surface area contributed by atoms with Gasteiger partial charge < -0.3 is 20.8 Å². The Kier molecular flexibility index (Phi) is 19.5. The van der Waals surface area contributed by atoms with E-state index in [9.17, 15) is 155 Å². The molecule has 0 aliphatic rings. The molecule has 0 aromatic rings. The lowest BCUT2D eigenvalue weighted by Crippen LogP contribution is -2.77. The van der Waals surface area contributed by atoms with Crippen molar-refractivity contribution < 1.29 is 195 Å². The van der Waals surface area contributed by atoms with Crippen LogP contribution in [0.2, 0.25) is 0 Å². The average Bonchev–Trinajstić information content (AvgIpc) is 3.21. The van der Waals surface area contributed by atoms with E-state index >= 15 is 35.1 Å². The molecule has 0 aliphatic carbocycles. The Hall–Kier alpha value is -4.26. The van der Waals surface area contributed by atoms with E-state index in [0.29, 0.717) is 6.92 Å². The van der Waals surface area contributed by atoms with Crippen molar-refractivity contribution in [2.24, 2.45) is 11.3 Å². The van der Waals surface area contributed by atoms with Crippen LogP contribution in [-0.2, 0) is 0 Å². The maximum absolute atomic E-state index is 15.7. The zero-order valence-corrected chi connectivity index (χ0v) is 37.1. The summed E-state index contributed by atoms with van der Waals surface area (Å²) < 4.78 is 569. The van der Waals surface area contributed by atoms with E-state index in [1.165, 1.54) is 5.32 Å². The van der Waals surface area contributed by atoms with E-state index in [2.05, 4.69) is 0 Å². The van der Waals surface area contributed by atoms with Gasteiger partial charge in [-0.1, -0.05) is 20.8 Å². The van der Waals surface area contributed by atoms with Gasteiger partial charge in [-0.05, 0) is 24.2 Å². The molecule has 0 aliphatic heterocycles. The van der Waals surface area contributed by atoms with Gasteiger partial charge in [0.05, 0.1) is 5.54 Å². The summed E-state index contributed by atoms with van der Waals surface area (Å²) in [5.74, 6) is -170. The van der Waals surface area contributed by atoms with Crippen LogP contribution in [0.1, 0.15) is 46.5 Å². The molecule has 0 saturated heterocycles. The van der Waals surface area contributed by atoms with Gasteiger partial charge in [-0.3, -0.25) is 0 Å². The summed E-state index contributed by atoms with van der Waals surface area (Å²) in [6.45, 7) is -1.78. The molecule has 6 nitrogen and oxygen atoms in total. The second kappa shape index (κ2) is 20.6. The molecule has 0 fully saturated rings.